The van der Waals surface area contributed by atoms with Gasteiger partial charge in [-0.3, -0.25) is 4.79 Å². The van der Waals surface area contributed by atoms with Crippen molar-refractivity contribution in [2.24, 2.45) is 5.92 Å². The van der Waals surface area contributed by atoms with Gasteiger partial charge in [-0.25, -0.2) is 0 Å². The monoisotopic (exact) mass is 241 g/mol. The van der Waals surface area contributed by atoms with Gasteiger partial charge in [0.1, 0.15) is 0 Å². The van der Waals surface area contributed by atoms with Gasteiger partial charge in [0.15, 0.2) is 0 Å². The van der Waals surface area contributed by atoms with E-state index < -0.39 is 5.97 Å². The maximum Gasteiger partial charge on any atom is 0.308 e. The standard InChI is InChI=1S/C10H15N3O2S/c1-5(2)8-9(16-13-12-8)6-3-11-4-7(6)10(14)15/h5-7,11H,3-4H2,1-2H3,(H,14,15). The Morgan fingerprint density at radius 3 is 2.94 bits per heavy atom. The van der Waals surface area contributed by atoms with Crippen molar-refractivity contribution in [2.75, 3.05) is 13.1 Å². The summed E-state index contributed by atoms with van der Waals surface area (Å²) < 4.78 is 3.95. The molecule has 0 spiro atoms. The van der Waals surface area contributed by atoms with E-state index in [0.29, 0.717) is 19.0 Å². The largest absolute Gasteiger partial charge is 0.481 e. The van der Waals surface area contributed by atoms with Gasteiger partial charge in [-0.2, -0.15) is 0 Å². The summed E-state index contributed by atoms with van der Waals surface area (Å²) in [5.41, 5.74) is 0.949. The molecule has 1 aromatic rings. The summed E-state index contributed by atoms with van der Waals surface area (Å²) in [6, 6.07) is 0. The smallest absolute Gasteiger partial charge is 0.308 e. The highest BCUT2D eigenvalue weighted by Crippen LogP contribution is 2.34. The molecule has 2 heterocycles. The SMILES string of the molecule is CC(C)c1nnsc1C1CNCC1C(=O)O. The summed E-state index contributed by atoms with van der Waals surface area (Å²) in [5.74, 6) is -0.767. The molecule has 2 unspecified atom stereocenters. The van der Waals surface area contributed by atoms with Crippen LogP contribution in [0, 0.1) is 5.92 Å². The number of aliphatic carboxylic acids is 1. The predicted molar refractivity (Wildman–Crippen MR) is 60.7 cm³/mol. The van der Waals surface area contributed by atoms with E-state index in [2.05, 4.69) is 28.8 Å². The molecule has 2 N–H and O–H groups in total. The fourth-order valence-electron chi connectivity index (χ4n) is 2.08. The molecule has 0 radical (unpaired) electrons. The van der Waals surface area contributed by atoms with Crippen LogP contribution in [0.5, 0.6) is 0 Å². The molecule has 1 saturated heterocycles. The molecular weight excluding hydrogens is 226 g/mol. The number of nitrogens with one attached hydrogen (secondary N) is 1. The minimum absolute atomic E-state index is 0.0231. The van der Waals surface area contributed by atoms with Crippen LogP contribution >= 0.6 is 11.5 Å². The molecule has 6 heteroatoms. The molecule has 0 bridgehead atoms. The molecule has 2 atom stereocenters. The van der Waals surface area contributed by atoms with Crippen LogP contribution in [0.15, 0.2) is 0 Å². The molecule has 0 aliphatic carbocycles. The average molecular weight is 241 g/mol. The minimum atomic E-state index is -0.738. The van der Waals surface area contributed by atoms with E-state index in [-0.39, 0.29) is 11.8 Å². The first kappa shape index (κ1) is 11.5. The number of carboxylic acid groups (broad SMARTS) is 1. The van der Waals surface area contributed by atoms with Crippen molar-refractivity contribution in [1.29, 1.82) is 0 Å². The Kier molecular flexibility index (Phi) is 3.20. The lowest BCUT2D eigenvalue weighted by atomic mass is 9.91. The number of carboxylic acids is 1. The summed E-state index contributed by atoms with van der Waals surface area (Å²) in [4.78, 5) is 12.1. The van der Waals surface area contributed by atoms with Crippen LogP contribution in [0.4, 0.5) is 0 Å². The molecule has 1 aliphatic rings. The second kappa shape index (κ2) is 4.47. The summed E-state index contributed by atoms with van der Waals surface area (Å²) in [6.45, 7) is 5.35. The van der Waals surface area contributed by atoms with E-state index in [1.54, 1.807) is 0 Å². The van der Waals surface area contributed by atoms with Gasteiger partial charge in [-0.15, -0.1) is 5.10 Å². The highest BCUT2D eigenvalue weighted by atomic mass is 32.1. The Balaban J connectivity index is 2.29. The van der Waals surface area contributed by atoms with Crippen LogP contribution in [0.2, 0.25) is 0 Å². The van der Waals surface area contributed by atoms with Crippen molar-refractivity contribution >= 4 is 17.5 Å². The van der Waals surface area contributed by atoms with E-state index in [9.17, 15) is 4.79 Å². The second-order valence-electron chi connectivity index (χ2n) is 4.39. The molecule has 16 heavy (non-hydrogen) atoms. The normalized spacial score (nSPS) is 25.2. The van der Waals surface area contributed by atoms with E-state index in [1.165, 1.54) is 11.5 Å². The summed E-state index contributed by atoms with van der Waals surface area (Å²) in [5, 5.41) is 16.4. The molecule has 1 fully saturated rings. The van der Waals surface area contributed by atoms with Gasteiger partial charge in [-0.1, -0.05) is 18.3 Å². The van der Waals surface area contributed by atoms with Gasteiger partial charge in [0.25, 0.3) is 0 Å². The first-order chi connectivity index (χ1) is 7.61. The van der Waals surface area contributed by atoms with E-state index in [0.717, 1.165) is 10.6 Å². The van der Waals surface area contributed by atoms with Crippen LogP contribution in [-0.2, 0) is 4.79 Å². The lowest BCUT2D eigenvalue weighted by Crippen LogP contribution is -2.21. The van der Waals surface area contributed by atoms with Crippen LogP contribution in [-0.4, -0.2) is 33.8 Å². The van der Waals surface area contributed by atoms with Crippen molar-refractivity contribution in [3.63, 3.8) is 0 Å². The van der Waals surface area contributed by atoms with Crippen molar-refractivity contribution in [3.8, 4) is 0 Å². The van der Waals surface area contributed by atoms with Gasteiger partial charge in [0, 0.05) is 19.0 Å². The Morgan fingerprint density at radius 1 is 1.56 bits per heavy atom. The van der Waals surface area contributed by atoms with Gasteiger partial charge in [0.2, 0.25) is 0 Å². The summed E-state index contributed by atoms with van der Waals surface area (Å²) in [7, 11) is 0. The predicted octanol–water partition coefficient (Wildman–Crippen LogP) is 1.05. The van der Waals surface area contributed by atoms with Gasteiger partial charge in [-0.05, 0) is 17.5 Å². The Bertz CT molecular complexity index is 391. The molecule has 2 rings (SSSR count). The zero-order valence-electron chi connectivity index (χ0n) is 9.30. The van der Waals surface area contributed by atoms with Crippen molar-refractivity contribution in [1.82, 2.24) is 14.9 Å². The van der Waals surface area contributed by atoms with E-state index >= 15 is 0 Å². The van der Waals surface area contributed by atoms with E-state index in [4.69, 9.17) is 5.11 Å². The van der Waals surface area contributed by atoms with Gasteiger partial charge in [0.05, 0.1) is 16.5 Å². The fraction of sp³-hybridized carbons (Fsp3) is 0.700. The molecular formula is C10H15N3O2S. The van der Waals surface area contributed by atoms with Crippen LogP contribution in [0.3, 0.4) is 0 Å². The third kappa shape index (κ3) is 1.94. The molecule has 5 nitrogen and oxygen atoms in total. The molecule has 1 aromatic heterocycles. The van der Waals surface area contributed by atoms with Crippen LogP contribution in [0.25, 0.3) is 0 Å². The topological polar surface area (TPSA) is 75.1 Å². The number of hydrogen-bond donors (Lipinski definition) is 2. The maximum absolute atomic E-state index is 11.1. The number of carbonyl (C=O) groups is 1. The zero-order chi connectivity index (χ0) is 11.7. The van der Waals surface area contributed by atoms with Crippen LogP contribution in [0.1, 0.15) is 36.3 Å². The third-order valence-electron chi connectivity index (χ3n) is 2.96. The second-order valence-corrected chi connectivity index (χ2v) is 5.17. The molecule has 1 aliphatic heterocycles. The highest BCUT2D eigenvalue weighted by molar-refractivity contribution is 7.05. The number of rotatable bonds is 3. The Morgan fingerprint density at radius 2 is 2.31 bits per heavy atom. The number of aromatic nitrogens is 2. The minimum Gasteiger partial charge on any atom is -0.481 e. The fourth-order valence-corrected chi connectivity index (χ4v) is 3.05. The van der Waals surface area contributed by atoms with Crippen molar-refractivity contribution in [3.05, 3.63) is 10.6 Å². The molecule has 0 aromatic carbocycles. The van der Waals surface area contributed by atoms with E-state index in [1.807, 2.05) is 0 Å². The zero-order valence-corrected chi connectivity index (χ0v) is 10.1. The summed E-state index contributed by atoms with van der Waals surface area (Å²) >= 11 is 1.33. The Hall–Kier alpha value is -1.01. The lowest BCUT2D eigenvalue weighted by molar-refractivity contribution is -0.141. The first-order valence-electron chi connectivity index (χ1n) is 5.37. The van der Waals surface area contributed by atoms with Gasteiger partial charge >= 0.3 is 5.97 Å². The Labute approximate surface area is 98.0 Å². The number of nitrogens with zero attached hydrogens (tertiary/aromatic N) is 2. The molecule has 88 valence electrons. The quantitative estimate of drug-likeness (QED) is 0.827. The highest BCUT2D eigenvalue weighted by Gasteiger charge is 2.37. The molecule has 0 amide bonds. The van der Waals surface area contributed by atoms with Gasteiger partial charge < -0.3 is 10.4 Å². The average Bonchev–Trinajstić information content (AvgIpc) is 2.85. The third-order valence-corrected chi connectivity index (χ3v) is 3.83. The van der Waals surface area contributed by atoms with Crippen molar-refractivity contribution in [2.45, 2.75) is 25.7 Å². The van der Waals surface area contributed by atoms with Crippen molar-refractivity contribution < 1.29 is 9.90 Å². The first-order valence-corrected chi connectivity index (χ1v) is 6.14. The molecule has 0 saturated carbocycles. The summed E-state index contributed by atoms with van der Waals surface area (Å²) in [6.07, 6.45) is 0. The van der Waals surface area contributed by atoms with Crippen LogP contribution < -0.4 is 5.32 Å². The maximum atomic E-state index is 11.1. The number of hydrogen-bond acceptors (Lipinski definition) is 5. The lowest BCUT2D eigenvalue weighted by Gasteiger charge is -2.14.